The van der Waals surface area contributed by atoms with E-state index in [0.717, 1.165) is 22.2 Å². The number of carbonyl (C=O) groups excluding carboxylic acids is 3. The molecule has 0 aliphatic carbocycles. The SMILES string of the molecule is CC(=O)OCC1=C(C(=O)OC(c2ccccc2)c2ccccc2)N2C(=O)[C@@H](Nc3nc4ccccc4[nH]3)[C@H]2SC1. The van der Waals surface area contributed by atoms with Crippen LogP contribution >= 0.6 is 11.8 Å². The van der Waals surface area contributed by atoms with Crippen LogP contribution in [0.5, 0.6) is 0 Å². The minimum atomic E-state index is -0.689. The zero-order chi connectivity index (χ0) is 27.6. The molecule has 1 aromatic heterocycles. The Balaban J connectivity index is 1.29. The fourth-order valence-electron chi connectivity index (χ4n) is 4.89. The summed E-state index contributed by atoms with van der Waals surface area (Å²) in [6.07, 6.45) is -0.689. The molecule has 1 fully saturated rings. The van der Waals surface area contributed by atoms with Crippen molar-refractivity contribution in [3.8, 4) is 0 Å². The first-order valence-electron chi connectivity index (χ1n) is 12.8. The van der Waals surface area contributed by atoms with E-state index in [1.54, 1.807) is 0 Å². The number of nitrogens with one attached hydrogen (secondary N) is 2. The molecule has 2 aliphatic rings. The van der Waals surface area contributed by atoms with E-state index >= 15 is 0 Å². The predicted molar refractivity (Wildman–Crippen MR) is 151 cm³/mol. The van der Waals surface area contributed by atoms with E-state index in [9.17, 15) is 14.4 Å². The number of fused-ring (bicyclic) bond motifs is 2. The summed E-state index contributed by atoms with van der Waals surface area (Å²) in [6, 6.07) is 25.9. The third kappa shape index (κ3) is 4.93. The Bertz CT molecular complexity index is 1530. The molecule has 1 saturated heterocycles. The molecule has 0 saturated carbocycles. The van der Waals surface area contributed by atoms with Crippen LogP contribution in [-0.2, 0) is 23.9 Å². The Morgan fingerprint density at radius 1 is 1.02 bits per heavy atom. The quantitative estimate of drug-likeness (QED) is 0.243. The number of amides is 1. The topological polar surface area (TPSA) is 114 Å². The Morgan fingerprint density at radius 2 is 1.68 bits per heavy atom. The number of benzene rings is 3. The van der Waals surface area contributed by atoms with Crippen molar-refractivity contribution in [1.82, 2.24) is 14.9 Å². The third-order valence-corrected chi connectivity index (χ3v) is 8.14. The summed E-state index contributed by atoms with van der Waals surface area (Å²) >= 11 is 1.49. The summed E-state index contributed by atoms with van der Waals surface area (Å²) in [5.41, 5.74) is 3.87. The van der Waals surface area contributed by atoms with E-state index in [0.29, 0.717) is 17.3 Å². The molecule has 0 unspecified atom stereocenters. The van der Waals surface area contributed by atoms with E-state index < -0.39 is 24.1 Å². The Morgan fingerprint density at radius 3 is 2.33 bits per heavy atom. The van der Waals surface area contributed by atoms with Gasteiger partial charge < -0.3 is 19.8 Å². The van der Waals surface area contributed by atoms with Crippen LogP contribution in [0, 0.1) is 0 Å². The number of hydrogen-bond acceptors (Lipinski definition) is 8. The fraction of sp³-hybridized carbons (Fsp3) is 0.200. The average molecular weight is 555 g/mol. The number of β-lactam (4-membered cyclic amide) rings is 1. The molecule has 4 aromatic rings. The normalized spacial score (nSPS) is 18.4. The third-order valence-electron chi connectivity index (χ3n) is 6.80. The Hall–Kier alpha value is -4.57. The highest BCUT2D eigenvalue weighted by molar-refractivity contribution is 8.00. The molecule has 0 bridgehead atoms. The number of ether oxygens (including phenoxy) is 2. The molecular weight excluding hydrogens is 528 g/mol. The van der Waals surface area contributed by atoms with Gasteiger partial charge in [-0.1, -0.05) is 72.8 Å². The lowest BCUT2D eigenvalue weighted by molar-refractivity contribution is -0.152. The van der Waals surface area contributed by atoms with Gasteiger partial charge in [0.2, 0.25) is 5.95 Å². The Kier molecular flexibility index (Phi) is 7.00. The molecule has 6 rings (SSSR count). The molecule has 0 spiro atoms. The molecular formula is C30H26N4O5S. The van der Waals surface area contributed by atoms with Crippen molar-refractivity contribution in [3.63, 3.8) is 0 Å². The summed E-state index contributed by atoms with van der Waals surface area (Å²) in [6.45, 7) is 1.20. The average Bonchev–Trinajstić information content (AvgIpc) is 3.40. The molecule has 202 valence electrons. The van der Waals surface area contributed by atoms with Gasteiger partial charge in [0.15, 0.2) is 6.10 Å². The van der Waals surface area contributed by atoms with Crippen LogP contribution in [0.2, 0.25) is 0 Å². The fourth-order valence-corrected chi connectivity index (χ4v) is 6.21. The van der Waals surface area contributed by atoms with E-state index in [1.807, 2.05) is 84.9 Å². The van der Waals surface area contributed by atoms with Crippen LogP contribution in [0.25, 0.3) is 11.0 Å². The number of esters is 2. The number of rotatable bonds is 8. The number of anilines is 1. The van der Waals surface area contributed by atoms with Crippen LogP contribution in [-0.4, -0.2) is 56.5 Å². The smallest absolute Gasteiger partial charge is 0.356 e. The number of carbonyl (C=O) groups is 3. The van der Waals surface area contributed by atoms with Gasteiger partial charge >= 0.3 is 11.9 Å². The maximum Gasteiger partial charge on any atom is 0.356 e. The maximum atomic E-state index is 13.9. The maximum absolute atomic E-state index is 13.9. The first-order chi connectivity index (χ1) is 19.5. The summed E-state index contributed by atoms with van der Waals surface area (Å²) in [7, 11) is 0. The second-order valence-electron chi connectivity index (χ2n) is 9.47. The van der Waals surface area contributed by atoms with Gasteiger partial charge in [-0.05, 0) is 23.3 Å². The van der Waals surface area contributed by atoms with Gasteiger partial charge in [0.05, 0.1) is 11.0 Å². The molecule has 9 nitrogen and oxygen atoms in total. The standard InChI is InChI=1S/C30H26N4O5S/c1-18(35)38-16-21-17-40-28-24(33-30-31-22-14-8-9-15-23(22)32-30)27(36)34(28)25(21)29(37)39-26(19-10-4-2-5-11-19)20-12-6-3-7-13-20/h2-15,24,26,28H,16-17H2,1H3,(H2,31,32,33)/t24-,28-/m1/s1. The van der Waals surface area contributed by atoms with Crippen LogP contribution in [0.15, 0.2) is 96.2 Å². The van der Waals surface area contributed by atoms with Crippen molar-refractivity contribution in [3.05, 3.63) is 107 Å². The van der Waals surface area contributed by atoms with Crippen molar-refractivity contribution >= 4 is 46.6 Å². The largest absolute Gasteiger partial charge is 0.461 e. The zero-order valence-corrected chi connectivity index (χ0v) is 22.4. The van der Waals surface area contributed by atoms with E-state index in [1.165, 1.54) is 23.6 Å². The molecule has 10 heteroatoms. The van der Waals surface area contributed by atoms with Gasteiger partial charge in [0, 0.05) is 18.2 Å². The number of hydrogen-bond donors (Lipinski definition) is 2. The van der Waals surface area contributed by atoms with Gasteiger partial charge in [-0.15, -0.1) is 11.8 Å². The van der Waals surface area contributed by atoms with Gasteiger partial charge in [-0.3, -0.25) is 14.5 Å². The van der Waals surface area contributed by atoms with Crippen LogP contribution in [0.3, 0.4) is 0 Å². The lowest BCUT2D eigenvalue weighted by Crippen LogP contribution is -2.68. The number of nitrogens with zero attached hydrogens (tertiary/aromatic N) is 2. The highest BCUT2D eigenvalue weighted by Gasteiger charge is 2.54. The second-order valence-corrected chi connectivity index (χ2v) is 10.6. The lowest BCUT2D eigenvalue weighted by atomic mass is 10.0. The van der Waals surface area contributed by atoms with Crippen molar-refractivity contribution in [2.75, 3.05) is 17.7 Å². The van der Waals surface area contributed by atoms with E-state index in [4.69, 9.17) is 9.47 Å². The summed E-state index contributed by atoms with van der Waals surface area (Å²) in [4.78, 5) is 48.1. The van der Waals surface area contributed by atoms with Gasteiger partial charge in [0.25, 0.3) is 5.91 Å². The summed E-state index contributed by atoms with van der Waals surface area (Å²) < 4.78 is 11.4. The minimum Gasteiger partial charge on any atom is -0.461 e. The van der Waals surface area contributed by atoms with Crippen LogP contribution < -0.4 is 5.32 Å². The first kappa shape index (κ1) is 25.7. The lowest BCUT2D eigenvalue weighted by Gasteiger charge is -2.49. The van der Waals surface area contributed by atoms with Crippen LogP contribution in [0.4, 0.5) is 5.95 Å². The number of aromatic nitrogens is 2. The van der Waals surface area contributed by atoms with Gasteiger partial charge in [0.1, 0.15) is 23.7 Å². The molecule has 3 heterocycles. The monoisotopic (exact) mass is 554 g/mol. The van der Waals surface area contributed by atoms with Crippen molar-refractivity contribution in [2.24, 2.45) is 0 Å². The zero-order valence-electron chi connectivity index (χ0n) is 21.6. The molecule has 2 aliphatic heterocycles. The van der Waals surface area contributed by atoms with Crippen molar-refractivity contribution in [1.29, 1.82) is 0 Å². The summed E-state index contributed by atoms with van der Waals surface area (Å²) in [5.74, 6) is -0.544. The number of imidazole rings is 1. The second kappa shape index (κ2) is 10.9. The van der Waals surface area contributed by atoms with Gasteiger partial charge in [-0.25, -0.2) is 9.78 Å². The van der Waals surface area contributed by atoms with E-state index in [-0.39, 0.29) is 23.6 Å². The number of aromatic amines is 1. The molecule has 40 heavy (non-hydrogen) atoms. The number of thioether (sulfide) groups is 1. The minimum absolute atomic E-state index is 0.105. The van der Waals surface area contributed by atoms with E-state index in [2.05, 4.69) is 15.3 Å². The Labute approximate surface area is 234 Å². The highest BCUT2D eigenvalue weighted by Crippen LogP contribution is 2.42. The van der Waals surface area contributed by atoms with Crippen molar-refractivity contribution < 1.29 is 23.9 Å². The van der Waals surface area contributed by atoms with Crippen LogP contribution in [0.1, 0.15) is 24.2 Å². The number of para-hydroxylation sites is 2. The first-order valence-corrected chi connectivity index (χ1v) is 13.9. The van der Waals surface area contributed by atoms with Crippen molar-refractivity contribution in [2.45, 2.75) is 24.4 Å². The summed E-state index contributed by atoms with van der Waals surface area (Å²) in [5, 5.41) is 2.83. The molecule has 2 atom stereocenters. The molecule has 3 aromatic carbocycles. The molecule has 1 amide bonds. The van der Waals surface area contributed by atoms with Gasteiger partial charge in [-0.2, -0.15) is 0 Å². The highest BCUT2D eigenvalue weighted by atomic mass is 32.2. The molecule has 0 radical (unpaired) electrons. The molecule has 2 N–H and O–H groups in total. The number of H-pyrrole nitrogens is 1. The predicted octanol–water partition coefficient (Wildman–Crippen LogP) is 4.41.